The van der Waals surface area contributed by atoms with Crippen LogP contribution in [0.4, 0.5) is 0 Å². The van der Waals surface area contributed by atoms with Crippen LogP contribution >= 0.6 is 0 Å². The first kappa shape index (κ1) is 17.0. The van der Waals surface area contributed by atoms with Gasteiger partial charge in [-0.25, -0.2) is 9.78 Å². The Morgan fingerprint density at radius 1 is 1.35 bits per heavy atom. The summed E-state index contributed by atoms with van der Waals surface area (Å²) in [7, 11) is 1.58. The van der Waals surface area contributed by atoms with Crippen LogP contribution in [0.2, 0.25) is 0 Å². The number of hydrogen-bond acceptors (Lipinski definition) is 3. The maximum Gasteiger partial charge on any atom is 0.326 e. The summed E-state index contributed by atoms with van der Waals surface area (Å²) in [6.07, 6.45) is 3.07. The molecule has 0 bridgehead atoms. The fourth-order valence-corrected chi connectivity index (χ4v) is 2.87. The van der Waals surface area contributed by atoms with E-state index >= 15 is 0 Å². The second-order valence-corrected chi connectivity index (χ2v) is 6.33. The van der Waals surface area contributed by atoms with Crippen molar-refractivity contribution >= 4 is 11.9 Å². The number of nitrogens with zero attached hydrogens (tertiary/aromatic N) is 2. The normalized spacial score (nSPS) is 20.9. The molecule has 1 saturated carbocycles. The molecule has 5 heteroatoms. The lowest BCUT2D eigenvalue weighted by Gasteiger charge is -2.36. The Labute approximate surface area is 136 Å². The van der Waals surface area contributed by atoms with Gasteiger partial charge < -0.3 is 10.0 Å². The van der Waals surface area contributed by atoms with E-state index in [9.17, 15) is 14.7 Å². The van der Waals surface area contributed by atoms with E-state index < -0.39 is 12.0 Å². The SMILES string of the molecule is CC(C)C(C(=O)O)N(C)C(=O)C1CC(C#Cc2ccccn2)C1. The third-order valence-electron chi connectivity index (χ3n) is 4.21. The Hall–Kier alpha value is -2.35. The number of aliphatic carboxylic acids is 1. The summed E-state index contributed by atoms with van der Waals surface area (Å²) >= 11 is 0. The van der Waals surface area contributed by atoms with Crippen LogP contribution in [0.3, 0.4) is 0 Å². The number of rotatable bonds is 4. The van der Waals surface area contributed by atoms with E-state index in [1.54, 1.807) is 13.2 Å². The summed E-state index contributed by atoms with van der Waals surface area (Å²) in [6, 6.07) is 4.80. The zero-order chi connectivity index (χ0) is 17.0. The third-order valence-corrected chi connectivity index (χ3v) is 4.21. The molecule has 122 valence electrons. The minimum absolute atomic E-state index is 0.0954. The van der Waals surface area contributed by atoms with Crippen LogP contribution in [-0.4, -0.2) is 40.0 Å². The van der Waals surface area contributed by atoms with Crippen molar-refractivity contribution in [3.8, 4) is 11.8 Å². The van der Waals surface area contributed by atoms with Gasteiger partial charge in [0.1, 0.15) is 11.7 Å². The summed E-state index contributed by atoms with van der Waals surface area (Å²) in [5.41, 5.74) is 0.727. The zero-order valence-corrected chi connectivity index (χ0v) is 13.7. The highest BCUT2D eigenvalue weighted by Gasteiger charge is 2.39. The van der Waals surface area contributed by atoms with Crippen molar-refractivity contribution in [3.63, 3.8) is 0 Å². The molecule has 1 amide bonds. The highest BCUT2D eigenvalue weighted by Crippen LogP contribution is 2.35. The Balaban J connectivity index is 1.90. The molecule has 0 radical (unpaired) electrons. The molecule has 1 unspecified atom stereocenters. The van der Waals surface area contributed by atoms with Gasteiger partial charge in [0.15, 0.2) is 0 Å². The average molecular weight is 314 g/mol. The maximum absolute atomic E-state index is 12.4. The van der Waals surface area contributed by atoms with Crippen LogP contribution < -0.4 is 0 Å². The molecule has 1 aliphatic carbocycles. The zero-order valence-electron chi connectivity index (χ0n) is 13.7. The molecule has 2 rings (SSSR count). The molecular weight excluding hydrogens is 292 g/mol. The number of likely N-dealkylation sites (N-methyl/N-ethyl adjacent to an activating group) is 1. The van der Waals surface area contributed by atoms with Crippen LogP contribution in [0.15, 0.2) is 24.4 Å². The van der Waals surface area contributed by atoms with Crippen molar-refractivity contribution < 1.29 is 14.7 Å². The topological polar surface area (TPSA) is 70.5 Å². The first-order valence-corrected chi connectivity index (χ1v) is 7.82. The van der Waals surface area contributed by atoms with Gasteiger partial charge in [0, 0.05) is 25.1 Å². The molecule has 0 spiro atoms. The standard InChI is InChI=1S/C18H22N2O3/c1-12(2)16(18(22)23)20(3)17(21)14-10-13(11-14)7-8-15-6-4-5-9-19-15/h4-6,9,12-14,16H,10-11H2,1-3H3,(H,22,23). The van der Waals surface area contributed by atoms with Gasteiger partial charge in [-0.05, 0) is 36.8 Å². The van der Waals surface area contributed by atoms with Crippen LogP contribution in [0, 0.1) is 29.6 Å². The number of amides is 1. The highest BCUT2D eigenvalue weighted by molar-refractivity contribution is 5.85. The number of carbonyl (C=O) groups excluding carboxylic acids is 1. The van der Waals surface area contributed by atoms with Crippen molar-refractivity contribution in [2.75, 3.05) is 7.05 Å². The van der Waals surface area contributed by atoms with Crippen molar-refractivity contribution in [1.29, 1.82) is 0 Å². The van der Waals surface area contributed by atoms with Crippen LogP contribution in [-0.2, 0) is 9.59 Å². The van der Waals surface area contributed by atoms with Crippen molar-refractivity contribution in [1.82, 2.24) is 9.88 Å². The van der Waals surface area contributed by atoms with Gasteiger partial charge in [-0.1, -0.05) is 25.8 Å². The largest absolute Gasteiger partial charge is 0.480 e. The van der Waals surface area contributed by atoms with Gasteiger partial charge in [-0.15, -0.1) is 0 Å². The van der Waals surface area contributed by atoms with E-state index in [2.05, 4.69) is 16.8 Å². The fraction of sp³-hybridized carbons (Fsp3) is 0.500. The minimum Gasteiger partial charge on any atom is -0.480 e. The number of pyridine rings is 1. The number of carbonyl (C=O) groups is 2. The first-order valence-electron chi connectivity index (χ1n) is 7.82. The molecule has 1 atom stereocenters. The van der Waals surface area contributed by atoms with Crippen LogP contribution in [0.1, 0.15) is 32.4 Å². The fourth-order valence-electron chi connectivity index (χ4n) is 2.87. The summed E-state index contributed by atoms with van der Waals surface area (Å²) in [4.78, 5) is 29.2. The number of aromatic nitrogens is 1. The number of carboxylic acids is 1. The van der Waals surface area contributed by atoms with E-state index in [4.69, 9.17) is 0 Å². The van der Waals surface area contributed by atoms with E-state index in [1.165, 1.54) is 4.90 Å². The second-order valence-electron chi connectivity index (χ2n) is 6.33. The molecular formula is C18H22N2O3. The number of hydrogen-bond donors (Lipinski definition) is 1. The molecule has 0 saturated heterocycles. The number of carboxylic acid groups (broad SMARTS) is 1. The van der Waals surface area contributed by atoms with Crippen molar-refractivity contribution in [3.05, 3.63) is 30.1 Å². The molecule has 0 aliphatic heterocycles. The summed E-state index contributed by atoms with van der Waals surface area (Å²) < 4.78 is 0. The predicted octanol–water partition coefficient (Wildman–Crippen LogP) is 2.03. The highest BCUT2D eigenvalue weighted by atomic mass is 16.4. The van der Waals surface area contributed by atoms with Crippen molar-refractivity contribution in [2.24, 2.45) is 17.8 Å². The minimum atomic E-state index is -0.957. The average Bonchev–Trinajstić information content (AvgIpc) is 2.45. The quantitative estimate of drug-likeness (QED) is 0.863. The molecule has 1 N–H and O–H groups in total. The van der Waals surface area contributed by atoms with Crippen LogP contribution in [0.5, 0.6) is 0 Å². The van der Waals surface area contributed by atoms with Crippen LogP contribution in [0.25, 0.3) is 0 Å². The molecule has 23 heavy (non-hydrogen) atoms. The first-order chi connectivity index (χ1) is 10.9. The van der Waals surface area contributed by atoms with Gasteiger partial charge in [-0.3, -0.25) is 4.79 Å². The van der Waals surface area contributed by atoms with E-state index in [-0.39, 0.29) is 23.7 Å². The monoisotopic (exact) mass is 314 g/mol. The lowest BCUT2D eigenvalue weighted by molar-refractivity contribution is -0.154. The molecule has 0 aromatic carbocycles. The van der Waals surface area contributed by atoms with E-state index in [0.717, 1.165) is 5.69 Å². The molecule has 1 heterocycles. The molecule has 1 fully saturated rings. The van der Waals surface area contributed by atoms with E-state index in [1.807, 2.05) is 32.0 Å². The second kappa shape index (κ2) is 7.28. The Morgan fingerprint density at radius 2 is 2.04 bits per heavy atom. The summed E-state index contributed by atoms with van der Waals surface area (Å²) in [5.74, 6) is 5.03. The molecule has 1 aromatic heterocycles. The molecule has 5 nitrogen and oxygen atoms in total. The summed E-state index contributed by atoms with van der Waals surface area (Å²) in [6.45, 7) is 3.62. The van der Waals surface area contributed by atoms with Gasteiger partial charge in [0.2, 0.25) is 5.91 Å². The summed E-state index contributed by atoms with van der Waals surface area (Å²) in [5, 5.41) is 9.27. The lowest BCUT2D eigenvalue weighted by Crippen LogP contribution is -2.50. The van der Waals surface area contributed by atoms with E-state index in [0.29, 0.717) is 12.8 Å². The smallest absolute Gasteiger partial charge is 0.326 e. The third kappa shape index (κ3) is 4.10. The van der Waals surface area contributed by atoms with Crippen molar-refractivity contribution in [2.45, 2.75) is 32.7 Å². The Kier molecular flexibility index (Phi) is 5.38. The van der Waals surface area contributed by atoms with Gasteiger partial charge in [0.25, 0.3) is 0 Å². The Bertz CT molecular complexity index is 625. The maximum atomic E-state index is 12.4. The predicted molar refractivity (Wildman–Crippen MR) is 86.4 cm³/mol. The molecule has 1 aliphatic rings. The lowest BCUT2D eigenvalue weighted by atomic mass is 9.74. The van der Waals surface area contributed by atoms with Gasteiger partial charge >= 0.3 is 5.97 Å². The van der Waals surface area contributed by atoms with Gasteiger partial charge in [0.05, 0.1) is 0 Å². The Morgan fingerprint density at radius 3 is 2.57 bits per heavy atom. The molecule has 1 aromatic rings. The van der Waals surface area contributed by atoms with Gasteiger partial charge in [-0.2, -0.15) is 0 Å².